The van der Waals surface area contributed by atoms with E-state index >= 15 is 0 Å². The van der Waals surface area contributed by atoms with Crippen molar-refractivity contribution in [3.05, 3.63) is 0 Å². The molecule has 3 N–H and O–H groups in total. The standard InChI is InChI=1S/C18H33N3O3/c19-13-10-14-21(15-22)18(24)17(23)20-16-11-8-6-4-2-1-3-5-7-9-12-16/h15-16H,1-14,19H2,(H,20,23). The van der Waals surface area contributed by atoms with E-state index in [-0.39, 0.29) is 12.6 Å². The summed E-state index contributed by atoms with van der Waals surface area (Å²) in [4.78, 5) is 36.1. The van der Waals surface area contributed by atoms with Crippen LogP contribution in [0.5, 0.6) is 0 Å². The second-order valence-electron chi connectivity index (χ2n) is 6.68. The van der Waals surface area contributed by atoms with Crippen molar-refractivity contribution in [3.8, 4) is 0 Å². The molecule has 0 radical (unpaired) electrons. The summed E-state index contributed by atoms with van der Waals surface area (Å²) in [5.74, 6) is -1.44. The van der Waals surface area contributed by atoms with Crippen molar-refractivity contribution in [2.45, 2.75) is 83.1 Å². The lowest BCUT2D eigenvalue weighted by Crippen LogP contribution is -2.46. The molecule has 0 bridgehead atoms. The fraction of sp³-hybridized carbons (Fsp3) is 0.833. The Hall–Kier alpha value is -1.43. The normalized spacial score (nSPS) is 18.0. The Kier molecular flexibility index (Phi) is 11.1. The Morgan fingerprint density at radius 2 is 1.46 bits per heavy atom. The molecular formula is C18H33N3O3. The van der Waals surface area contributed by atoms with Gasteiger partial charge in [0.25, 0.3) is 0 Å². The van der Waals surface area contributed by atoms with Gasteiger partial charge in [-0.2, -0.15) is 0 Å². The van der Waals surface area contributed by atoms with E-state index in [1.807, 2.05) is 0 Å². The van der Waals surface area contributed by atoms with Gasteiger partial charge in [0.05, 0.1) is 0 Å². The fourth-order valence-electron chi connectivity index (χ4n) is 3.15. The van der Waals surface area contributed by atoms with Gasteiger partial charge in [0.15, 0.2) is 0 Å². The predicted octanol–water partition coefficient (Wildman–Crippen LogP) is 2.11. The van der Waals surface area contributed by atoms with Gasteiger partial charge in [0.1, 0.15) is 0 Å². The van der Waals surface area contributed by atoms with Crippen LogP contribution in [0.15, 0.2) is 0 Å². The van der Waals surface area contributed by atoms with E-state index in [1.54, 1.807) is 0 Å². The molecule has 6 nitrogen and oxygen atoms in total. The van der Waals surface area contributed by atoms with Crippen LogP contribution in [0.2, 0.25) is 0 Å². The van der Waals surface area contributed by atoms with E-state index in [9.17, 15) is 14.4 Å². The molecule has 0 unspecified atom stereocenters. The summed E-state index contributed by atoms with van der Waals surface area (Å²) >= 11 is 0. The number of hydrogen-bond donors (Lipinski definition) is 2. The monoisotopic (exact) mass is 339 g/mol. The first-order valence-electron chi connectivity index (χ1n) is 9.46. The third-order valence-electron chi connectivity index (χ3n) is 4.63. The third kappa shape index (κ3) is 8.43. The molecule has 0 spiro atoms. The average molecular weight is 339 g/mol. The molecule has 0 heterocycles. The maximum Gasteiger partial charge on any atom is 0.318 e. The summed E-state index contributed by atoms with van der Waals surface area (Å²) in [5.41, 5.74) is 5.39. The summed E-state index contributed by atoms with van der Waals surface area (Å²) in [6.07, 6.45) is 13.7. The number of amides is 3. The van der Waals surface area contributed by atoms with Gasteiger partial charge in [-0.15, -0.1) is 0 Å². The summed E-state index contributed by atoms with van der Waals surface area (Å²) < 4.78 is 0. The second kappa shape index (κ2) is 12.9. The molecule has 1 fully saturated rings. The summed E-state index contributed by atoms with van der Waals surface area (Å²) in [7, 11) is 0. The molecule has 3 amide bonds. The van der Waals surface area contributed by atoms with Gasteiger partial charge in [-0.25, -0.2) is 0 Å². The van der Waals surface area contributed by atoms with E-state index in [1.165, 1.54) is 44.9 Å². The molecular weight excluding hydrogens is 306 g/mol. The minimum Gasteiger partial charge on any atom is -0.345 e. The van der Waals surface area contributed by atoms with E-state index in [0.717, 1.165) is 30.6 Å². The highest BCUT2D eigenvalue weighted by atomic mass is 16.2. The lowest BCUT2D eigenvalue weighted by molar-refractivity contribution is -0.149. The molecule has 138 valence electrons. The molecule has 0 aliphatic heterocycles. The van der Waals surface area contributed by atoms with Gasteiger partial charge in [0.2, 0.25) is 6.41 Å². The van der Waals surface area contributed by atoms with Crippen molar-refractivity contribution < 1.29 is 14.4 Å². The zero-order valence-corrected chi connectivity index (χ0v) is 14.8. The molecule has 0 aromatic rings. The summed E-state index contributed by atoms with van der Waals surface area (Å²) in [6.45, 7) is 0.568. The number of rotatable bonds is 5. The number of nitrogens with one attached hydrogen (secondary N) is 1. The Bertz CT molecular complexity index is 376. The average Bonchev–Trinajstić information content (AvgIpc) is 2.57. The van der Waals surface area contributed by atoms with Crippen molar-refractivity contribution in [2.24, 2.45) is 5.73 Å². The molecule has 0 aromatic carbocycles. The number of nitrogens with two attached hydrogens (primary N) is 1. The highest BCUT2D eigenvalue weighted by Gasteiger charge is 2.23. The molecule has 0 aromatic heterocycles. The van der Waals surface area contributed by atoms with Crippen molar-refractivity contribution >= 4 is 18.2 Å². The predicted molar refractivity (Wildman–Crippen MR) is 94.2 cm³/mol. The Labute approximate surface area is 145 Å². The van der Waals surface area contributed by atoms with E-state index < -0.39 is 11.8 Å². The fourth-order valence-corrected chi connectivity index (χ4v) is 3.15. The van der Waals surface area contributed by atoms with Crippen LogP contribution >= 0.6 is 0 Å². The smallest absolute Gasteiger partial charge is 0.318 e. The number of imide groups is 1. The van der Waals surface area contributed by atoms with Gasteiger partial charge in [-0.3, -0.25) is 19.3 Å². The third-order valence-corrected chi connectivity index (χ3v) is 4.63. The van der Waals surface area contributed by atoms with Crippen LogP contribution in [-0.4, -0.2) is 42.3 Å². The lowest BCUT2D eigenvalue weighted by Gasteiger charge is -2.21. The zero-order chi connectivity index (χ0) is 17.6. The van der Waals surface area contributed by atoms with Gasteiger partial charge in [-0.05, 0) is 25.8 Å². The lowest BCUT2D eigenvalue weighted by atomic mass is 9.98. The molecule has 1 aliphatic rings. The minimum absolute atomic E-state index is 0.0314. The highest BCUT2D eigenvalue weighted by molar-refractivity contribution is 6.36. The van der Waals surface area contributed by atoms with Crippen LogP contribution in [0.3, 0.4) is 0 Å². The SMILES string of the molecule is NCCCN(C=O)C(=O)C(=O)NC1CCCCCCCCCCC1. The molecule has 1 rings (SSSR count). The Morgan fingerprint density at radius 3 is 1.92 bits per heavy atom. The first-order chi connectivity index (χ1) is 11.7. The molecule has 24 heavy (non-hydrogen) atoms. The van der Waals surface area contributed by atoms with Crippen LogP contribution in [0.4, 0.5) is 0 Å². The second-order valence-corrected chi connectivity index (χ2v) is 6.68. The number of carbonyl (C=O) groups is 3. The van der Waals surface area contributed by atoms with Gasteiger partial charge >= 0.3 is 11.8 Å². The molecule has 6 heteroatoms. The summed E-state index contributed by atoms with van der Waals surface area (Å²) in [5, 5.41) is 2.84. The van der Waals surface area contributed by atoms with Crippen LogP contribution < -0.4 is 11.1 Å². The van der Waals surface area contributed by atoms with Crippen LogP contribution in [0, 0.1) is 0 Å². The first kappa shape index (κ1) is 20.6. The Balaban J connectivity index is 2.49. The van der Waals surface area contributed by atoms with E-state index in [4.69, 9.17) is 5.73 Å². The summed E-state index contributed by atoms with van der Waals surface area (Å²) in [6, 6.07) is 0.0314. The molecule has 0 saturated heterocycles. The molecule has 1 aliphatic carbocycles. The van der Waals surface area contributed by atoms with Crippen LogP contribution in [0.1, 0.15) is 77.0 Å². The van der Waals surface area contributed by atoms with Crippen molar-refractivity contribution in [3.63, 3.8) is 0 Å². The van der Waals surface area contributed by atoms with Crippen molar-refractivity contribution in [2.75, 3.05) is 13.1 Å². The quantitative estimate of drug-likeness (QED) is 0.593. The first-order valence-corrected chi connectivity index (χ1v) is 9.46. The zero-order valence-electron chi connectivity index (χ0n) is 14.8. The van der Waals surface area contributed by atoms with E-state index in [2.05, 4.69) is 5.32 Å². The number of nitrogens with zero attached hydrogens (tertiary/aromatic N) is 1. The minimum atomic E-state index is -0.774. The van der Waals surface area contributed by atoms with Crippen molar-refractivity contribution in [1.29, 1.82) is 0 Å². The highest BCUT2D eigenvalue weighted by Crippen LogP contribution is 2.17. The Morgan fingerprint density at radius 1 is 0.958 bits per heavy atom. The number of carbonyl (C=O) groups excluding carboxylic acids is 3. The van der Waals surface area contributed by atoms with Gasteiger partial charge in [0, 0.05) is 12.6 Å². The largest absolute Gasteiger partial charge is 0.345 e. The van der Waals surface area contributed by atoms with Crippen molar-refractivity contribution in [1.82, 2.24) is 10.2 Å². The molecule has 0 atom stereocenters. The maximum atomic E-state index is 12.2. The topological polar surface area (TPSA) is 92.5 Å². The van der Waals surface area contributed by atoms with Gasteiger partial charge in [-0.1, -0.05) is 57.8 Å². The van der Waals surface area contributed by atoms with Crippen LogP contribution in [0.25, 0.3) is 0 Å². The van der Waals surface area contributed by atoms with Gasteiger partial charge < -0.3 is 11.1 Å². The van der Waals surface area contributed by atoms with Crippen LogP contribution in [-0.2, 0) is 14.4 Å². The maximum absolute atomic E-state index is 12.2. The number of hydrogen-bond acceptors (Lipinski definition) is 4. The molecule has 1 saturated carbocycles. The van der Waals surface area contributed by atoms with E-state index in [0.29, 0.717) is 19.4 Å².